The van der Waals surface area contributed by atoms with Crippen LogP contribution in [-0.4, -0.2) is 47.5 Å². The summed E-state index contributed by atoms with van der Waals surface area (Å²) in [5.41, 5.74) is 2.06. The second-order valence-corrected chi connectivity index (χ2v) is 10.6. The van der Waals surface area contributed by atoms with Crippen molar-refractivity contribution >= 4 is 17.9 Å². The monoisotopic (exact) mass is 489 g/mol. The Kier molecular flexibility index (Phi) is 12.3. The Hall–Kier alpha value is -2.57. The molecule has 1 aromatic rings. The number of amides is 3. The molecule has 1 rings (SSSR count). The lowest BCUT2D eigenvalue weighted by Crippen LogP contribution is -2.55. The third-order valence-electron chi connectivity index (χ3n) is 5.85. The zero-order valence-corrected chi connectivity index (χ0v) is 23.3. The smallest absolute Gasteiger partial charge is 0.408 e. The maximum atomic E-state index is 14.0. The number of alkyl carbamates (subject to hydrolysis) is 1. The molecule has 0 aliphatic heterocycles. The first kappa shape index (κ1) is 30.5. The molecule has 0 saturated carbocycles. The number of aryl methyl sites for hydroxylation is 2. The normalized spacial score (nSPS) is 13.2. The first-order chi connectivity index (χ1) is 16.3. The van der Waals surface area contributed by atoms with Gasteiger partial charge in [0.15, 0.2) is 0 Å². The third kappa shape index (κ3) is 9.54. The fourth-order valence-electron chi connectivity index (χ4n) is 3.99. The van der Waals surface area contributed by atoms with E-state index in [0.717, 1.165) is 42.4 Å². The molecule has 7 nitrogen and oxygen atoms in total. The number of carbonyl (C=O) groups excluding carboxylic acids is 3. The number of hydrogen-bond donors (Lipinski definition) is 2. The highest BCUT2D eigenvalue weighted by atomic mass is 16.6. The molecule has 0 aliphatic carbocycles. The van der Waals surface area contributed by atoms with Crippen LogP contribution in [0.1, 0.15) is 96.9 Å². The van der Waals surface area contributed by atoms with Crippen molar-refractivity contribution in [2.24, 2.45) is 5.92 Å². The highest BCUT2D eigenvalue weighted by Gasteiger charge is 2.38. The van der Waals surface area contributed by atoms with Gasteiger partial charge in [0, 0.05) is 13.1 Å². The predicted octanol–water partition coefficient (Wildman–Crippen LogP) is 5.44. The molecule has 198 valence electrons. The minimum atomic E-state index is -0.822. The predicted molar refractivity (Wildman–Crippen MR) is 141 cm³/mol. The van der Waals surface area contributed by atoms with Crippen molar-refractivity contribution in [1.29, 1.82) is 0 Å². The van der Waals surface area contributed by atoms with Crippen molar-refractivity contribution in [2.45, 2.75) is 106 Å². The Morgan fingerprint density at radius 1 is 1.00 bits per heavy atom. The molecule has 0 heterocycles. The van der Waals surface area contributed by atoms with Gasteiger partial charge in [-0.1, -0.05) is 58.7 Å². The van der Waals surface area contributed by atoms with Gasteiger partial charge in [-0.25, -0.2) is 4.79 Å². The molecule has 0 spiro atoms. The lowest BCUT2D eigenvalue weighted by molar-refractivity contribution is -0.143. The van der Waals surface area contributed by atoms with Gasteiger partial charge in [0.2, 0.25) is 11.8 Å². The molecule has 2 N–H and O–H groups in total. The van der Waals surface area contributed by atoms with Gasteiger partial charge in [-0.2, -0.15) is 0 Å². The fraction of sp³-hybridized carbons (Fsp3) is 0.679. The van der Waals surface area contributed by atoms with Crippen molar-refractivity contribution in [3.8, 4) is 0 Å². The lowest BCUT2D eigenvalue weighted by atomic mass is 9.92. The van der Waals surface area contributed by atoms with Gasteiger partial charge in [0.25, 0.3) is 0 Å². The second kappa shape index (κ2) is 14.1. The highest BCUT2D eigenvalue weighted by molar-refractivity contribution is 5.92. The van der Waals surface area contributed by atoms with Crippen molar-refractivity contribution in [1.82, 2.24) is 15.5 Å². The van der Waals surface area contributed by atoms with Gasteiger partial charge in [-0.15, -0.1) is 0 Å². The molecule has 0 aromatic heterocycles. The van der Waals surface area contributed by atoms with E-state index in [2.05, 4.69) is 24.5 Å². The molecule has 0 bridgehead atoms. The Labute approximate surface area is 212 Å². The molecule has 0 fully saturated rings. The first-order valence-corrected chi connectivity index (χ1v) is 13.0. The first-order valence-electron chi connectivity index (χ1n) is 13.0. The number of unbranched alkanes of at least 4 members (excludes halogenated alkanes) is 2. The largest absolute Gasteiger partial charge is 0.444 e. The van der Waals surface area contributed by atoms with E-state index in [9.17, 15) is 14.4 Å². The van der Waals surface area contributed by atoms with Crippen LogP contribution in [0.3, 0.4) is 0 Å². The molecule has 1 aromatic carbocycles. The van der Waals surface area contributed by atoms with Crippen LogP contribution in [0.25, 0.3) is 0 Å². The van der Waals surface area contributed by atoms with Crippen molar-refractivity contribution in [3.05, 3.63) is 34.9 Å². The van der Waals surface area contributed by atoms with Crippen molar-refractivity contribution in [2.75, 3.05) is 13.1 Å². The zero-order valence-electron chi connectivity index (χ0n) is 23.3. The van der Waals surface area contributed by atoms with Gasteiger partial charge >= 0.3 is 6.09 Å². The second-order valence-electron chi connectivity index (χ2n) is 10.6. The third-order valence-corrected chi connectivity index (χ3v) is 5.85. The van der Waals surface area contributed by atoms with Gasteiger partial charge in [-0.05, 0) is 70.1 Å². The number of hydrogen-bond acceptors (Lipinski definition) is 4. The van der Waals surface area contributed by atoms with Crippen LogP contribution in [0.5, 0.6) is 0 Å². The average molecular weight is 490 g/mol. The van der Waals surface area contributed by atoms with E-state index >= 15 is 0 Å². The molecule has 2 atom stereocenters. The Morgan fingerprint density at radius 2 is 1.57 bits per heavy atom. The number of ether oxygens (including phenoxy) is 1. The summed E-state index contributed by atoms with van der Waals surface area (Å²) in [5.74, 6) is -0.668. The van der Waals surface area contributed by atoms with E-state index in [-0.39, 0.29) is 17.7 Å². The quantitative estimate of drug-likeness (QED) is 0.383. The number of rotatable bonds is 12. The summed E-state index contributed by atoms with van der Waals surface area (Å²) in [5, 5.41) is 5.82. The van der Waals surface area contributed by atoms with E-state index in [1.807, 2.05) is 45.9 Å². The van der Waals surface area contributed by atoms with Crippen LogP contribution in [0, 0.1) is 19.8 Å². The van der Waals surface area contributed by atoms with Crippen LogP contribution in [-0.2, 0) is 14.3 Å². The summed E-state index contributed by atoms with van der Waals surface area (Å²) >= 11 is 0. The van der Waals surface area contributed by atoms with Gasteiger partial charge < -0.3 is 20.3 Å². The highest BCUT2D eigenvalue weighted by Crippen LogP contribution is 2.29. The molecule has 0 aliphatic rings. The van der Waals surface area contributed by atoms with Crippen LogP contribution >= 0.6 is 0 Å². The SMILES string of the molecule is CCCCNC(=O)C(c1c(C)cccc1C)N(CCCC)C(=O)C(NC(=O)OC(C)(C)C)C(C)C. The Morgan fingerprint density at radius 3 is 2.06 bits per heavy atom. The topological polar surface area (TPSA) is 87.7 Å². The van der Waals surface area contributed by atoms with Crippen LogP contribution in [0.4, 0.5) is 4.79 Å². The minimum absolute atomic E-state index is 0.194. The summed E-state index contributed by atoms with van der Waals surface area (Å²) in [6.07, 6.45) is 2.79. The maximum Gasteiger partial charge on any atom is 0.408 e. The number of nitrogens with zero attached hydrogens (tertiary/aromatic N) is 1. The standard InChI is InChI=1S/C28H47N3O4/c1-10-12-17-29-25(32)24(22-20(5)15-14-16-21(22)6)31(18-13-11-2)26(33)23(19(3)4)30-27(34)35-28(7,8)9/h14-16,19,23-24H,10-13,17-18H2,1-9H3,(H,29,32)(H,30,34). The van der Waals surface area contributed by atoms with Crippen LogP contribution in [0.2, 0.25) is 0 Å². The lowest BCUT2D eigenvalue weighted by Gasteiger charge is -2.36. The molecular weight excluding hydrogens is 442 g/mol. The van der Waals surface area contributed by atoms with Crippen molar-refractivity contribution in [3.63, 3.8) is 0 Å². The van der Waals surface area contributed by atoms with Crippen molar-refractivity contribution < 1.29 is 19.1 Å². The van der Waals surface area contributed by atoms with Crippen LogP contribution in [0.15, 0.2) is 18.2 Å². The zero-order chi connectivity index (χ0) is 26.8. The Balaban J connectivity index is 3.50. The summed E-state index contributed by atoms with van der Waals surface area (Å²) in [6.45, 7) is 18.1. The molecule has 7 heteroatoms. The van der Waals surface area contributed by atoms with Crippen LogP contribution < -0.4 is 10.6 Å². The van der Waals surface area contributed by atoms with Gasteiger partial charge in [-0.3, -0.25) is 9.59 Å². The summed E-state index contributed by atoms with van der Waals surface area (Å²) in [7, 11) is 0. The van der Waals surface area contributed by atoms with E-state index in [1.165, 1.54) is 0 Å². The van der Waals surface area contributed by atoms with Gasteiger partial charge in [0.1, 0.15) is 17.7 Å². The molecule has 0 saturated heterocycles. The molecule has 0 radical (unpaired) electrons. The molecule has 35 heavy (non-hydrogen) atoms. The minimum Gasteiger partial charge on any atom is -0.444 e. The molecule has 3 amide bonds. The number of benzene rings is 1. The van der Waals surface area contributed by atoms with Gasteiger partial charge in [0.05, 0.1) is 0 Å². The van der Waals surface area contributed by atoms with E-state index in [0.29, 0.717) is 13.1 Å². The average Bonchev–Trinajstić information content (AvgIpc) is 2.74. The summed E-state index contributed by atoms with van der Waals surface area (Å²) < 4.78 is 5.43. The van der Waals surface area contributed by atoms with E-state index in [1.54, 1.807) is 25.7 Å². The maximum absolute atomic E-state index is 14.0. The summed E-state index contributed by atoms with van der Waals surface area (Å²) in [6, 6.07) is 4.29. The van der Waals surface area contributed by atoms with E-state index < -0.39 is 23.8 Å². The fourth-order valence-corrected chi connectivity index (χ4v) is 3.99. The molecule has 2 unspecified atom stereocenters. The number of nitrogens with one attached hydrogen (secondary N) is 2. The van der Waals surface area contributed by atoms with E-state index in [4.69, 9.17) is 4.74 Å². The summed E-state index contributed by atoms with van der Waals surface area (Å²) in [4.78, 5) is 41.9. The number of carbonyl (C=O) groups is 3. The molecular formula is C28H47N3O4. The Bertz CT molecular complexity index is 825.